The van der Waals surface area contributed by atoms with E-state index in [9.17, 15) is 13.2 Å². The quantitative estimate of drug-likeness (QED) is 0.846. The molecule has 0 spiro atoms. The molecule has 2 aromatic carbocycles. The summed E-state index contributed by atoms with van der Waals surface area (Å²) >= 11 is 5.94. The maximum absolute atomic E-state index is 12.7. The van der Waals surface area contributed by atoms with Gasteiger partial charge in [0.05, 0.1) is 11.7 Å². The van der Waals surface area contributed by atoms with Crippen molar-refractivity contribution >= 4 is 33.2 Å². The first-order valence-electron chi connectivity index (χ1n) is 8.52. The fourth-order valence-corrected chi connectivity index (χ4v) is 4.91. The minimum absolute atomic E-state index is 0.111. The summed E-state index contributed by atoms with van der Waals surface area (Å²) in [5.74, 6) is -0.599. The summed E-state index contributed by atoms with van der Waals surface area (Å²) in [6.07, 6.45) is 1.35. The fourth-order valence-electron chi connectivity index (χ4n) is 3.10. The molecular formula is C19H21ClN2O3S. The summed E-state index contributed by atoms with van der Waals surface area (Å²) in [6, 6.07) is 16.0. The largest absolute Gasteiger partial charge is 0.326 e. The molecule has 0 unspecified atom stereocenters. The molecule has 7 heteroatoms. The maximum Gasteiger partial charge on any atom is 0.228 e. The first-order chi connectivity index (χ1) is 12.4. The second kappa shape index (κ2) is 8.20. The third-order valence-electron chi connectivity index (χ3n) is 4.43. The van der Waals surface area contributed by atoms with E-state index in [1.807, 2.05) is 30.3 Å². The van der Waals surface area contributed by atoms with E-state index in [1.165, 1.54) is 4.31 Å². The highest BCUT2D eigenvalue weighted by Gasteiger charge is 2.32. The van der Waals surface area contributed by atoms with E-state index in [0.717, 1.165) is 5.69 Å². The summed E-state index contributed by atoms with van der Waals surface area (Å²) in [5.41, 5.74) is 1.37. The fraction of sp³-hybridized carbons (Fsp3) is 0.316. The van der Waals surface area contributed by atoms with Crippen LogP contribution in [0.4, 0.5) is 5.69 Å². The Kier molecular flexibility index (Phi) is 5.96. The van der Waals surface area contributed by atoms with E-state index in [2.05, 4.69) is 5.32 Å². The molecule has 1 saturated heterocycles. The van der Waals surface area contributed by atoms with Gasteiger partial charge in [0, 0.05) is 23.8 Å². The van der Waals surface area contributed by atoms with Gasteiger partial charge in [-0.2, -0.15) is 0 Å². The molecule has 5 nitrogen and oxygen atoms in total. The van der Waals surface area contributed by atoms with Gasteiger partial charge in [0.2, 0.25) is 15.9 Å². The van der Waals surface area contributed by atoms with Crippen molar-refractivity contribution in [3.63, 3.8) is 0 Å². The van der Waals surface area contributed by atoms with Crippen molar-refractivity contribution < 1.29 is 13.2 Å². The van der Waals surface area contributed by atoms with Gasteiger partial charge in [0.25, 0.3) is 0 Å². The highest BCUT2D eigenvalue weighted by atomic mass is 35.5. The predicted molar refractivity (Wildman–Crippen MR) is 103 cm³/mol. The van der Waals surface area contributed by atoms with E-state index in [4.69, 9.17) is 11.6 Å². The van der Waals surface area contributed by atoms with Gasteiger partial charge in [-0.3, -0.25) is 4.79 Å². The lowest BCUT2D eigenvalue weighted by molar-refractivity contribution is -0.120. The van der Waals surface area contributed by atoms with Gasteiger partial charge in [-0.1, -0.05) is 41.9 Å². The van der Waals surface area contributed by atoms with E-state index >= 15 is 0 Å². The molecule has 26 heavy (non-hydrogen) atoms. The number of nitrogens with zero attached hydrogens (tertiary/aromatic N) is 1. The zero-order valence-corrected chi connectivity index (χ0v) is 15.8. The van der Waals surface area contributed by atoms with Gasteiger partial charge >= 0.3 is 0 Å². The van der Waals surface area contributed by atoms with Crippen LogP contribution in [-0.2, 0) is 20.6 Å². The molecule has 0 radical (unpaired) electrons. The van der Waals surface area contributed by atoms with Crippen molar-refractivity contribution in [2.75, 3.05) is 18.4 Å². The molecule has 1 heterocycles. The molecule has 1 amide bonds. The first-order valence-corrected chi connectivity index (χ1v) is 10.5. The Morgan fingerprint density at radius 1 is 1.15 bits per heavy atom. The van der Waals surface area contributed by atoms with Crippen LogP contribution in [0.5, 0.6) is 0 Å². The maximum atomic E-state index is 12.7. The summed E-state index contributed by atoms with van der Waals surface area (Å²) in [5, 5.41) is 3.37. The molecule has 1 N–H and O–H groups in total. The lowest BCUT2D eigenvalue weighted by atomic mass is 9.99. The Bertz CT molecular complexity index is 871. The van der Waals surface area contributed by atoms with Gasteiger partial charge in [0.15, 0.2) is 0 Å². The molecule has 0 aromatic heterocycles. The molecule has 1 aliphatic heterocycles. The Morgan fingerprint density at radius 3 is 2.65 bits per heavy atom. The predicted octanol–water partition coefficient (Wildman–Crippen LogP) is 3.52. The smallest absolute Gasteiger partial charge is 0.228 e. The van der Waals surface area contributed by atoms with Crippen LogP contribution in [0, 0.1) is 5.92 Å². The van der Waals surface area contributed by atoms with E-state index in [1.54, 1.807) is 24.3 Å². The van der Waals surface area contributed by atoms with Gasteiger partial charge in [-0.15, -0.1) is 0 Å². The molecule has 3 rings (SSSR count). The number of anilines is 1. The highest BCUT2D eigenvalue weighted by Crippen LogP contribution is 2.23. The van der Waals surface area contributed by atoms with E-state index < -0.39 is 10.0 Å². The topological polar surface area (TPSA) is 66.5 Å². The van der Waals surface area contributed by atoms with E-state index in [0.29, 0.717) is 30.0 Å². The highest BCUT2D eigenvalue weighted by molar-refractivity contribution is 7.88. The van der Waals surface area contributed by atoms with Crippen molar-refractivity contribution in [2.24, 2.45) is 5.92 Å². The van der Waals surface area contributed by atoms with Crippen molar-refractivity contribution in [1.82, 2.24) is 4.31 Å². The van der Waals surface area contributed by atoms with Crippen LogP contribution >= 0.6 is 11.6 Å². The van der Waals surface area contributed by atoms with Crippen LogP contribution in [-0.4, -0.2) is 31.7 Å². The lowest BCUT2D eigenvalue weighted by Crippen LogP contribution is -2.44. The normalized spacial score (nSPS) is 18.4. The summed E-state index contributed by atoms with van der Waals surface area (Å²) in [4.78, 5) is 12.5. The third-order valence-corrected chi connectivity index (χ3v) is 6.48. The summed E-state index contributed by atoms with van der Waals surface area (Å²) < 4.78 is 26.9. The minimum Gasteiger partial charge on any atom is -0.326 e. The second-order valence-electron chi connectivity index (χ2n) is 6.44. The third kappa shape index (κ3) is 4.84. The van der Waals surface area contributed by atoms with E-state index in [-0.39, 0.29) is 24.1 Å². The van der Waals surface area contributed by atoms with Gasteiger partial charge < -0.3 is 5.32 Å². The average Bonchev–Trinajstić information content (AvgIpc) is 2.62. The number of amides is 1. The van der Waals surface area contributed by atoms with Gasteiger partial charge in [-0.05, 0) is 42.7 Å². The summed E-state index contributed by atoms with van der Waals surface area (Å²) in [6.45, 7) is 0.652. The number of piperidine rings is 1. The Morgan fingerprint density at radius 2 is 1.92 bits per heavy atom. The number of hydrogen-bond acceptors (Lipinski definition) is 3. The average molecular weight is 393 g/mol. The molecule has 0 saturated carbocycles. The van der Waals surface area contributed by atoms with Crippen LogP contribution in [0.25, 0.3) is 0 Å². The Labute approximate surface area is 159 Å². The number of sulfonamides is 1. The number of benzene rings is 2. The molecule has 0 bridgehead atoms. The monoisotopic (exact) mass is 392 g/mol. The van der Waals surface area contributed by atoms with Crippen LogP contribution in [0.15, 0.2) is 54.6 Å². The number of carbonyl (C=O) groups excluding carboxylic acids is 1. The van der Waals surface area contributed by atoms with Gasteiger partial charge in [0.1, 0.15) is 0 Å². The molecule has 1 atom stereocenters. The number of para-hydroxylation sites is 1. The first kappa shape index (κ1) is 18.9. The summed E-state index contributed by atoms with van der Waals surface area (Å²) in [7, 11) is -3.50. The van der Waals surface area contributed by atoms with Crippen LogP contribution in [0.1, 0.15) is 18.4 Å². The number of rotatable bonds is 5. The van der Waals surface area contributed by atoms with Gasteiger partial charge in [-0.25, -0.2) is 12.7 Å². The van der Waals surface area contributed by atoms with Crippen molar-refractivity contribution in [1.29, 1.82) is 0 Å². The van der Waals surface area contributed by atoms with Crippen molar-refractivity contribution in [3.05, 3.63) is 65.2 Å². The molecule has 0 aliphatic carbocycles. The number of hydrogen-bond donors (Lipinski definition) is 1. The minimum atomic E-state index is -3.50. The standard InChI is InChI=1S/C19H21ClN2O3S/c20-17-8-4-6-15(12-17)14-26(24,25)22-11-5-7-16(13-22)19(23)21-18-9-2-1-3-10-18/h1-4,6,8-10,12,16H,5,7,11,13-14H2,(H,21,23)/t16-/m1/s1. The van der Waals surface area contributed by atoms with Crippen molar-refractivity contribution in [3.8, 4) is 0 Å². The van der Waals surface area contributed by atoms with Crippen LogP contribution < -0.4 is 5.32 Å². The molecular weight excluding hydrogens is 372 g/mol. The zero-order valence-electron chi connectivity index (χ0n) is 14.3. The van der Waals surface area contributed by atoms with Crippen LogP contribution in [0.3, 0.4) is 0 Å². The van der Waals surface area contributed by atoms with Crippen molar-refractivity contribution in [2.45, 2.75) is 18.6 Å². The van der Waals surface area contributed by atoms with Crippen LogP contribution in [0.2, 0.25) is 5.02 Å². The molecule has 1 fully saturated rings. The number of carbonyl (C=O) groups is 1. The number of halogens is 1. The molecule has 1 aliphatic rings. The molecule has 138 valence electrons. The Hall–Kier alpha value is -1.89. The SMILES string of the molecule is O=C(Nc1ccccc1)[C@@H]1CCCN(S(=O)(=O)Cc2cccc(Cl)c2)C1. The lowest BCUT2D eigenvalue weighted by Gasteiger charge is -2.31. The number of nitrogens with one attached hydrogen (secondary N) is 1. The second-order valence-corrected chi connectivity index (χ2v) is 8.84. The zero-order chi connectivity index (χ0) is 18.6. The molecule has 2 aromatic rings. The Balaban J connectivity index is 1.66.